The highest BCUT2D eigenvalue weighted by Crippen LogP contribution is 2.41. The maximum atomic E-state index is 6.24. The molecule has 2 atom stereocenters. The second-order valence-electron chi connectivity index (χ2n) is 6.15. The number of guanidine groups is 1. The van der Waals surface area contributed by atoms with E-state index in [-0.39, 0.29) is 5.54 Å². The average molecular weight is 250 g/mol. The van der Waals surface area contributed by atoms with Gasteiger partial charge < -0.3 is 16.0 Å². The van der Waals surface area contributed by atoms with Crippen LogP contribution < -0.4 is 11.1 Å². The zero-order valence-corrected chi connectivity index (χ0v) is 11.5. The van der Waals surface area contributed by atoms with Crippen LogP contribution in [0.2, 0.25) is 0 Å². The summed E-state index contributed by atoms with van der Waals surface area (Å²) in [6.45, 7) is 5.47. The molecule has 102 valence electrons. The van der Waals surface area contributed by atoms with E-state index in [4.69, 9.17) is 5.73 Å². The van der Waals surface area contributed by atoms with Gasteiger partial charge in [0.1, 0.15) is 0 Å². The summed E-state index contributed by atoms with van der Waals surface area (Å²) >= 11 is 0. The van der Waals surface area contributed by atoms with Crippen molar-refractivity contribution in [3.63, 3.8) is 0 Å². The molecule has 1 saturated carbocycles. The molecule has 2 unspecified atom stereocenters. The Morgan fingerprint density at radius 1 is 1.44 bits per heavy atom. The first kappa shape index (κ1) is 12.3. The second kappa shape index (κ2) is 4.72. The third kappa shape index (κ3) is 1.73. The van der Waals surface area contributed by atoms with Gasteiger partial charge in [-0.05, 0) is 38.1 Å². The Balaban J connectivity index is 1.88. The van der Waals surface area contributed by atoms with E-state index < -0.39 is 0 Å². The first-order valence-electron chi connectivity index (χ1n) is 7.58. The predicted molar refractivity (Wildman–Crippen MR) is 74.6 cm³/mol. The van der Waals surface area contributed by atoms with Crippen molar-refractivity contribution in [3.05, 3.63) is 0 Å². The molecule has 3 rings (SSSR count). The molecule has 0 aromatic rings. The zero-order valence-electron chi connectivity index (χ0n) is 11.5. The van der Waals surface area contributed by atoms with Crippen molar-refractivity contribution in [3.8, 4) is 0 Å². The monoisotopic (exact) mass is 250 g/mol. The largest absolute Gasteiger partial charge is 0.370 e. The molecular formula is C14H26N4. The highest BCUT2D eigenvalue weighted by Gasteiger charge is 2.51. The lowest BCUT2D eigenvalue weighted by Gasteiger charge is -2.50. The molecule has 2 aliphatic heterocycles. The summed E-state index contributed by atoms with van der Waals surface area (Å²) in [4.78, 5) is 7.17. The second-order valence-corrected chi connectivity index (χ2v) is 6.15. The van der Waals surface area contributed by atoms with Gasteiger partial charge in [0, 0.05) is 12.6 Å². The molecule has 3 N–H and O–H groups in total. The summed E-state index contributed by atoms with van der Waals surface area (Å²) in [6.07, 6.45) is 7.76. The van der Waals surface area contributed by atoms with Gasteiger partial charge in [-0.3, -0.25) is 4.99 Å². The number of nitrogens with zero attached hydrogens (tertiary/aromatic N) is 2. The molecule has 3 aliphatic rings. The normalized spacial score (nSPS) is 37.5. The minimum atomic E-state index is 0.235. The summed E-state index contributed by atoms with van der Waals surface area (Å²) in [7, 11) is 0. The molecule has 4 nitrogen and oxygen atoms in total. The smallest absolute Gasteiger partial charge is 0.192 e. The van der Waals surface area contributed by atoms with E-state index in [9.17, 15) is 0 Å². The molecule has 4 heteroatoms. The lowest BCUT2D eigenvalue weighted by atomic mass is 9.75. The fourth-order valence-corrected chi connectivity index (χ4v) is 4.34. The van der Waals surface area contributed by atoms with Gasteiger partial charge in [0.15, 0.2) is 5.96 Å². The van der Waals surface area contributed by atoms with Crippen LogP contribution in [0.15, 0.2) is 4.99 Å². The molecule has 1 saturated heterocycles. The van der Waals surface area contributed by atoms with Crippen LogP contribution in [-0.4, -0.2) is 42.1 Å². The molecule has 18 heavy (non-hydrogen) atoms. The van der Waals surface area contributed by atoms with Gasteiger partial charge in [0.05, 0.1) is 12.1 Å². The Bertz CT molecular complexity index is 335. The zero-order chi connectivity index (χ0) is 12.6. The summed E-state index contributed by atoms with van der Waals surface area (Å²) in [5.74, 6) is 1.51. The van der Waals surface area contributed by atoms with Gasteiger partial charge in [-0.2, -0.15) is 0 Å². The van der Waals surface area contributed by atoms with Crippen LogP contribution in [0.4, 0.5) is 0 Å². The van der Waals surface area contributed by atoms with Crippen molar-refractivity contribution in [2.75, 3.05) is 19.6 Å². The first-order valence-corrected chi connectivity index (χ1v) is 7.58. The Morgan fingerprint density at radius 2 is 2.22 bits per heavy atom. The SMILES string of the molecule is CCC1CNCCC12CN=C(N)N2C1CCCC1. The number of piperidine rings is 1. The Kier molecular flexibility index (Phi) is 3.22. The quantitative estimate of drug-likeness (QED) is 0.777. The van der Waals surface area contributed by atoms with E-state index in [1.165, 1.54) is 38.5 Å². The van der Waals surface area contributed by atoms with Crippen LogP contribution >= 0.6 is 0 Å². The maximum absolute atomic E-state index is 6.24. The van der Waals surface area contributed by atoms with E-state index in [1.54, 1.807) is 0 Å². The van der Waals surface area contributed by atoms with Crippen LogP contribution in [0.1, 0.15) is 45.4 Å². The van der Waals surface area contributed by atoms with Gasteiger partial charge in [-0.15, -0.1) is 0 Å². The molecule has 0 radical (unpaired) electrons. The number of nitrogens with one attached hydrogen (secondary N) is 1. The minimum Gasteiger partial charge on any atom is -0.370 e. The van der Waals surface area contributed by atoms with Crippen LogP contribution in [0, 0.1) is 5.92 Å². The van der Waals surface area contributed by atoms with Gasteiger partial charge >= 0.3 is 0 Å². The van der Waals surface area contributed by atoms with E-state index in [0.717, 1.165) is 25.6 Å². The topological polar surface area (TPSA) is 53.6 Å². The molecule has 0 aromatic heterocycles. The summed E-state index contributed by atoms with van der Waals surface area (Å²) < 4.78 is 0. The molecule has 2 fully saturated rings. The molecular weight excluding hydrogens is 224 g/mol. The van der Waals surface area contributed by atoms with Gasteiger partial charge in [0.2, 0.25) is 0 Å². The first-order chi connectivity index (χ1) is 8.78. The molecule has 1 aliphatic carbocycles. The maximum Gasteiger partial charge on any atom is 0.192 e. The average Bonchev–Trinajstić information content (AvgIpc) is 2.99. The van der Waals surface area contributed by atoms with Crippen LogP contribution in [0.3, 0.4) is 0 Å². The molecule has 0 aromatic carbocycles. The van der Waals surface area contributed by atoms with Crippen LogP contribution in [0.25, 0.3) is 0 Å². The Labute approximate surface area is 110 Å². The fourth-order valence-electron chi connectivity index (χ4n) is 4.34. The summed E-state index contributed by atoms with van der Waals surface area (Å²) in [5, 5.41) is 3.54. The van der Waals surface area contributed by atoms with Gasteiger partial charge in [0.25, 0.3) is 0 Å². The van der Waals surface area contributed by atoms with Crippen molar-refractivity contribution in [1.82, 2.24) is 10.2 Å². The number of rotatable bonds is 2. The Hall–Kier alpha value is -0.770. The van der Waals surface area contributed by atoms with E-state index in [1.807, 2.05) is 0 Å². The van der Waals surface area contributed by atoms with Crippen LogP contribution in [-0.2, 0) is 0 Å². The number of hydrogen-bond donors (Lipinski definition) is 2. The number of hydrogen-bond acceptors (Lipinski definition) is 4. The van der Waals surface area contributed by atoms with E-state index in [0.29, 0.717) is 12.0 Å². The van der Waals surface area contributed by atoms with Crippen molar-refractivity contribution in [2.24, 2.45) is 16.6 Å². The van der Waals surface area contributed by atoms with Crippen molar-refractivity contribution < 1.29 is 0 Å². The highest BCUT2D eigenvalue weighted by atomic mass is 15.4. The van der Waals surface area contributed by atoms with Crippen molar-refractivity contribution in [1.29, 1.82) is 0 Å². The standard InChI is InChI=1S/C14H26N4/c1-2-11-9-16-8-7-14(11)10-17-13(15)18(14)12-5-3-4-6-12/h11-12,16H,2-10H2,1H3,(H2,15,17). The molecule has 0 bridgehead atoms. The lowest BCUT2D eigenvalue weighted by molar-refractivity contribution is 0.0526. The van der Waals surface area contributed by atoms with Crippen molar-refractivity contribution >= 4 is 5.96 Å². The summed E-state index contributed by atoms with van der Waals surface area (Å²) in [6, 6.07) is 0.656. The molecule has 1 spiro atoms. The van der Waals surface area contributed by atoms with E-state index >= 15 is 0 Å². The van der Waals surface area contributed by atoms with Gasteiger partial charge in [-0.25, -0.2) is 0 Å². The van der Waals surface area contributed by atoms with Gasteiger partial charge in [-0.1, -0.05) is 19.8 Å². The highest BCUT2D eigenvalue weighted by molar-refractivity contribution is 5.81. The summed E-state index contributed by atoms with van der Waals surface area (Å²) in [5.41, 5.74) is 6.47. The number of aliphatic imine (C=N–C) groups is 1. The fraction of sp³-hybridized carbons (Fsp3) is 0.929. The predicted octanol–water partition coefficient (Wildman–Crippen LogP) is 1.32. The number of nitrogens with two attached hydrogens (primary N) is 1. The third-order valence-corrected chi connectivity index (χ3v) is 5.31. The Morgan fingerprint density at radius 3 is 2.94 bits per heavy atom. The minimum absolute atomic E-state index is 0.235. The lowest BCUT2D eigenvalue weighted by Crippen LogP contribution is -2.64. The van der Waals surface area contributed by atoms with E-state index in [2.05, 4.69) is 22.1 Å². The van der Waals surface area contributed by atoms with Crippen LogP contribution in [0.5, 0.6) is 0 Å². The van der Waals surface area contributed by atoms with Crippen molar-refractivity contribution in [2.45, 2.75) is 57.0 Å². The molecule has 0 amide bonds. The molecule has 2 heterocycles. The third-order valence-electron chi connectivity index (χ3n) is 5.31.